The Hall–Kier alpha value is -3.35. The number of carboxylic acid groups (broad SMARTS) is 1. The summed E-state index contributed by atoms with van der Waals surface area (Å²) in [6.45, 7) is 4.36. The number of nitrogens with zero attached hydrogens (tertiary/aromatic N) is 1. The van der Waals surface area contributed by atoms with Crippen molar-refractivity contribution in [2.45, 2.75) is 57.5 Å². The first kappa shape index (κ1) is 23.8. The first-order chi connectivity index (χ1) is 16.4. The average Bonchev–Trinajstić information content (AvgIpc) is 3.18. The molecule has 4 rings (SSSR count). The molecule has 0 saturated carbocycles. The summed E-state index contributed by atoms with van der Waals surface area (Å²) in [7, 11) is 0. The van der Waals surface area contributed by atoms with Gasteiger partial charge in [0, 0.05) is 12.5 Å². The van der Waals surface area contributed by atoms with Gasteiger partial charge in [-0.2, -0.15) is 0 Å². The van der Waals surface area contributed by atoms with Crippen LogP contribution in [0.5, 0.6) is 0 Å². The van der Waals surface area contributed by atoms with Crippen LogP contribution in [0.25, 0.3) is 11.1 Å². The number of carbonyl (C=O) groups is 3. The summed E-state index contributed by atoms with van der Waals surface area (Å²) in [4.78, 5) is 39.3. The van der Waals surface area contributed by atoms with Crippen molar-refractivity contribution in [3.63, 3.8) is 0 Å². The van der Waals surface area contributed by atoms with Gasteiger partial charge < -0.3 is 20.1 Å². The Bertz CT molecular complexity index is 1020. The Kier molecular flexibility index (Phi) is 7.20. The van der Waals surface area contributed by atoms with E-state index in [1.54, 1.807) is 0 Å². The molecule has 0 radical (unpaired) electrons. The van der Waals surface area contributed by atoms with Crippen molar-refractivity contribution in [2.75, 3.05) is 13.2 Å². The molecular formula is C27H32N2O5. The van der Waals surface area contributed by atoms with Gasteiger partial charge in [-0.15, -0.1) is 0 Å². The van der Waals surface area contributed by atoms with Gasteiger partial charge in [-0.1, -0.05) is 68.8 Å². The summed E-state index contributed by atoms with van der Waals surface area (Å²) in [6.07, 6.45) is 1.96. The number of benzene rings is 2. The van der Waals surface area contributed by atoms with Crippen LogP contribution in [-0.4, -0.2) is 53.2 Å². The smallest absolute Gasteiger partial charge is 0.407 e. The molecule has 1 aliphatic carbocycles. The Morgan fingerprint density at radius 1 is 1.06 bits per heavy atom. The molecule has 0 bridgehead atoms. The molecule has 180 valence electrons. The standard InChI is InChI=1S/C27H32N2O5/c1-3-17(2)24(25(30)29-15-9-8-14-23(29)26(31)32)28-27(33)34-16-22-20-12-6-4-10-18(20)19-11-5-7-13-21(19)22/h4-7,10-13,17,22-24H,3,8-9,14-16H2,1-2H3,(H,28,33)(H,31,32)/t17?,23-,24-/m0/s1. The largest absolute Gasteiger partial charge is 0.480 e. The van der Waals surface area contributed by atoms with Crippen molar-refractivity contribution in [1.82, 2.24) is 10.2 Å². The number of alkyl carbamates (subject to hydrolysis) is 1. The number of amides is 2. The second-order valence-corrected chi connectivity index (χ2v) is 9.21. The number of ether oxygens (including phenoxy) is 1. The molecule has 1 heterocycles. The van der Waals surface area contributed by atoms with E-state index in [2.05, 4.69) is 29.6 Å². The number of nitrogens with one attached hydrogen (secondary N) is 1. The molecule has 3 atom stereocenters. The fourth-order valence-corrected chi connectivity index (χ4v) is 5.08. The van der Waals surface area contributed by atoms with Crippen LogP contribution in [0.3, 0.4) is 0 Å². The van der Waals surface area contributed by atoms with E-state index in [-0.39, 0.29) is 24.3 Å². The maximum atomic E-state index is 13.3. The molecule has 7 nitrogen and oxygen atoms in total. The predicted octanol–water partition coefficient (Wildman–Crippen LogP) is 4.41. The Morgan fingerprint density at radius 2 is 1.68 bits per heavy atom. The zero-order valence-corrected chi connectivity index (χ0v) is 19.7. The summed E-state index contributed by atoms with van der Waals surface area (Å²) in [5.74, 6) is -1.59. The number of fused-ring (bicyclic) bond motifs is 3. The van der Waals surface area contributed by atoms with Crippen molar-refractivity contribution in [2.24, 2.45) is 5.92 Å². The zero-order valence-electron chi connectivity index (χ0n) is 19.7. The number of piperidine rings is 1. The van der Waals surface area contributed by atoms with E-state index >= 15 is 0 Å². The summed E-state index contributed by atoms with van der Waals surface area (Å²) < 4.78 is 5.64. The number of likely N-dealkylation sites (tertiary alicyclic amines) is 1. The van der Waals surface area contributed by atoms with E-state index in [9.17, 15) is 19.5 Å². The highest BCUT2D eigenvalue weighted by Gasteiger charge is 2.38. The predicted molar refractivity (Wildman–Crippen MR) is 128 cm³/mol. The molecule has 2 aliphatic rings. The van der Waals surface area contributed by atoms with E-state index in [1.807, 2.05) is 38.1 Å². The van der Waals surface area contributed by atoms with Crippen LogP contribution < -0.4 is 5.32 Å². The molecule has 1 unspecified atom stereocenters. The number of carbonyl (C=O) groups excluding carboxylic acids is 2. The molecule has 2 aromatic rings. The SMILES string of the molecule is CCC(C)[C@H](NC(=O)OCC1c2ccccc2-c2ccccc21)C(=O)N1CCCC[C@H]1C(=O)O. The van der Waals surface area contributed by atoms with Crippen LogP contribution in [0.2, 0.25) is 0 Å². The minimum absolute atomic E-state index is 0.0746. The second kappa shape index (κ2) is 10.3. The molecule has 0 aromatic heterocycles. The van der Waals surface area contributed by atoms with E-state index in [0.717, 1.165) is 35.1 Å². The van der Waals surface area contributed by atoms with Crippen LogP contribution in [0.15, 0.2) is 48.5 Å². The van der Waals surface area contributed by atoms with Crippen molar-refractivity contribution in [1.29, 1.82) is 0 Å². The third kappa shape index (κ3) is 4.65. The maximum absolute atomic E-state index is 13.3. The lowest BCUT2D eigenvalue weighted by molar-refractivity contribution is -0.153. The topological polar surface area (TPSA) is 95.9 Å². The van der Waals surface area contributed by atoms with Gasteiger partial charge in [-0.25, -0.2) is 9.59 Å². The minimum Gasteiger partial charge on any atom is -0.480 e. The Labute approximate surface area is 200 Å². The van der Waals surface area contributed by atoms with Crippen molar-refractivity contribution < 1.29 is 24.2 Å². The van der Waals surface area contributed by atoms with E-state index in [1.165, 1.54) is 4.90 Å². The van der Waals surface area contributed by atoms with Gasteiger partial charge in [0.25, 0.3) is 0 Å². The van der Waals surface area contributed by atoms with Crippen LogP contribution in [-0.2, 0) is 14.3 Å². The maximum Gasteiger partial charge on any atom is 0.407 e. The van der Waals surface area contributed by atoms with Gasteiger partial charge in [0.15, 0.2) is 0 Å². The van der Waals surface area contributed by atoms with Crippen LogP contribution >= 0.6 is 0 Å². The molecule has 1 aliphatic heterocycles. The number of carboxylic acids is 1. The van der Waals surface area contributed by atoms with E-state index < -0.39 is 24.1 Å². The fourth-order valence-electron chi connectivity index (χ4n) is 5.08. The van der Waals surface area contributed by atoms with Gasteiger partial charge in [0.05, 0.1) is 0 Å². The average molecular weight is 465 g/mol. The molecule has 2 amide bonds. The number of hydrogen-bond acceptors (Lipinski definition) is 4. The third-order valence-corrected chi connectivity index (χ3v) is 7.17. The highest BCUT2D eigenvalue weighted by atomic mass is 16.5. The highest BCUT2D eigenvalue weighted by molar-refractivity contribution is 5.89. The molecule has 0 spiro atoms. The van der Waals surface area contributed by atoms with Crippen molar-refractivity contribution >= 4 is 18.0 Å². The summed E-state index contributed by atoms with van der Waals surface area (Å²) in [6, 6.07) is 14.5. The number of aliphatic carboxylic acids is 1. The summed E-state index contributed by atoms with van der Waals surface area (Å²) >= 11 is 0. The normalized spacial score (nSPS) is 19.0. The van der Waals surface area contributed by atoms with Gasteiger partial charge in [-0.05, 0) is 47.4 Å². The molecule has 7 heteroatoms. The second-order valence-electron chi connectivity index (χ2n) is 9.21. The molecule has 1 fully saturated rings. The van der Waals surface area contributed by atoms with Crippen molar-refractivity contribution in [3.8, 4) is 11.1 Å². The zero-order chi connectivity index (χ0) is 24.2. The van der Waals surface area contributed by atoms with Gasteiger partial charge in [-0.3, -0.25) is 4.79 Å². The van der Waals surface area contributed by atoms with Gasteiger partial charge in [0.2, 0.25) is 5.91 Å². The van der Waals surface area contributed by atoms with E-state index in [0.29, 0.717) is 19.4 Å². The summed E-state index contributed by atoms with van der Waals surface area (Å²) in [5, 5.41) is 12.3. The molecule has 34 heavy (non-hydrogen) atoms. The van der Waals surface area contributed by atoms with E-state index in [4.69, 9.17) is 4.74 Å². The van der Waals surface area contributed by atoms with Gasteiger partial charge in [0.1, 0.15) is 18.7 Å². The minimum atomic E-state index is -1.00. The van der Waals surface area contributed by atoms with Crippen LogP contribution in [0, 0.1) is 5.92 Å². The molecular weight excluding hydrogens is 432 g/mol. The van der Waals surface area contributed by atoms with Crippen LogP contribution in [0.4, 0.5) is 4.79 Å². The Balaban J connectivity index is 1.46. The third-order valence-electron chi connectivity index (χ3n) is 7.17. The van der Waals surface area contributed by atoms with Crippen molar-refractivity contribution in [3.05, 3.63) is 59.7 Å². The quantitative estimate of drug-likeness (QED) is 0.633. The lowest BCUT2D eigenvalue weighted by atomic mass is 9.95. The van der Waals surface area contributed by atoms with Gasteiger partial charge >= 0.3 is 12.1 Å². The van der Waals surface area contributed by atoms with Crippen LogP contribution in [0.1, 0.15) is 56.6 Å². The first-order valence-electron chi connectivity index (χ1n) is 12.1. The first-order valence-corrected chi connectivity index (χ1v) is 12.1. The molecule has 1 saturated heterocycles. The number of hydrogen-bond donors (Lipinski definition) is 2. The highest BCUT2D eigenvalue weighted by Crippen LogP contribution is 2.44. The fraction of sp³-hybridized carbons (Fsp3) is 0.444. The monoisotopic (exact) mass is 464 g/mol. The number of rotatable bonds is 7. The lowest BCUT2D eigenvalue weighted by Crippen LogP contribution is -2.57. The summed E-state index contributed by atoms with van der Waals surface area (Å²) in [5.41, 5.74) is 4.52. The molecule has 2 N–H and O–H groups in total. The Morgan fingerprint density at radius 3 is 2.26 bits per heavy atom. The lowest BCUT2D eigenvalue weighted by Gasteiger charge is -2.36. The molecule has 2 aromatic carbocycles.